The maximum Gasteiger partial charge on any atom is 0.317 e. The average molecular weight is 377 g/mol. The lowest BCUT2D eigenvalue weighted by atomic mass is 10.1. The third kappa shape index (κ3) is 4.82. The highest BCUT2D eigenvalue weighted by Crippen LogP contribution is 2.33. The smallest absolute Gasteiger partial charge is 0.317 e. The molecule has 0 saturated carbocycles. The monoisotopic (exact) mass is 377 g/mol. The molecule has 1 aromatic rings. The van der Waals surface area contributed by atoms with Crippen molar-refractivity contribution in [1.29, 1.82) is 0 Å². The molecule has 3 rings (SSSR count). The van der Waals surface area contributed by atoms with Crippen molar-refractivity contribution in [3.63, 3.8) is 0 Å². The van der Waals surface area contributed by atoms with Crippen LogP contribution in [0.25, 0.3) is 0 Å². The van der Waals surface area contributed by atoms with Crippen molar-refractivity contribution in [3.8, 4) is 11.5 Å². The molecule has 0 radical (unpaired) electrons. The van der Waals surface area contributed by atoms with Crippen molar-refractivity contribution < 1.29 is 23.8 Å². The van der Waals surface area contributed by atoms with Gasteiger partial charge in [0, 0.05) is 38.7 Å². The lowest BCUT2D eigenvalue weighted by molar-refractivity contribution is -0.136. The van der Waals surface area contributed by atoms with Crippen LogP contribution in [0.4, 0.5) is 4.79 Å². The summed E-state index contributed by atoms with van der Waals surface area (Å²) in [5.41, 5.74) is 0.917. The van der Waals surface area contributed by atoms with Gasteiger partial charge in [-0.3, -0.25) is 4.79 Å². The number of nitrogens with zero attached hydrogens (tertiary/aromatic N) is 2. The lowest BCUT2D eigenvalue weighted by Gasteiger charge is -2.33. The van der Waals surface area contributed by atoms with Crippen molar-refractivity contribution in [2.24, 2.45) is 0 Å². The standard InChI is InChI=1S/C19H27N3O5/c1-14(23)21-8-10-26-16(13-21)11-20-19(24)22-7-4-9-27-18-15(12-22)5-3-6-17(18)25-2/h3,5-6,16H,4,7-13H2,1-2H3,(H,20,24)/t16-/m1/s1. The summed E-state index contributed by atoms with van der Waals surface area (Å²) in [6, 6.07) is 5.55. The van der Waals surface area contributed by atoms with Crippen LogP contribution in [-0.4, -0.2) is 74.3 Å². The van der Waals surface area contributed by atoms with E-state index in [1.807, 2.05) is 18.2 Å². The number of ether oxygens (including phenoxy) is 3. The van der Waals surface area contributed by atoms with Crippen LogP contribution < -0.4 is 14.8 Å². The first-order chi connectivity index (χ1) is 13.1. The second kappa shape index (κ2) is 8.94. The average Bonchev–Trinajstić information content (AvgIpc) is 2.66. The number of urea groups is 1. The highest BCUT2D eigenvalue weighted by Gasteiger charge is 2.25. The Morgan fingerprint density at radius 2 is 2.11 bits per heavy atom. The van der Waals surface area contributed by atoms with Crippen LogP contribution >= 0.6 is 0 Å². The summed E-state index contributed by atoms with van der Waals surface area (Å²) >= 11 is 0. The number of amides is 3. The van der Waals surface area contributed by atoms with Crippen LogP contribution in [0.1, 0.15) is 18.9 Å². The predicted molar refractivity (Wildman–Crippen MR) is 98.9 cm³/mol. The molecule has 0 unspecified atom stereocenters. The molecule has 0 spiro atoms. The third-order valence-corrected chi connectivity index (χ3v) is 4.81. The first kappa shape index (κ1) is 19.3. The molecule has 1 aromatic carbocycles. The van der Waals surface area contributed by atoms with E-state index in [0.717, 1.165) is 12.0 Å². The van der Waals surface area contributed by atoms with Crippen LogP contribution in [-0.2, 0) is 16.1 Å². The number of carbonyl (C=O) groups is 2. The fraction of sp³-hybridized carbons (Fsp3) is 0.579. The minimum absolute atomic E-state index is 0.0314. The molecule has 2 heterocycles. The maximum atomic E-state index is 12.7. The highest BCUT2D eigenvalue weighted by atomic mass is 16.5. The number of rotatable bonds is 3. The maximum absolute atomic E-state index is 12.7. The Morgan fingerprint density at radius 3 is 2.89 bits per heavy atom. The summed E-state index contributed by atoms with van der Waals surface area (Å²) in [6.07, 6.45) is 0.556. The van der Waals surface area contributed by atoms with Gasteiger partial charge in [-0.1, -0.05) is 12.1 Å². The van der Waals surface area contributed by atoms with Gasteiger partial charge in [-0.2, -0.15) is 0 Å². The Morgan fingerprint density at radius 1 is 1.26 bits per heavy atom. The molecule has 8 nitrogen and oxygen atoms in total. The fourth-order valence-electron chi connectivity index (χ4n) is 3.34. The van der Waals surface area contributed by atoms with Crippen molar-refractivity contribution in [2.45, 2.75) is 26.0 Å². The molecule has 1 N–H and O–H groups in total. The van der Waals surface area contributed by atoms with Gasteiger partial charge >= 0.3 is 6.03 Å². The number of para-hydroxylation sites is 1. The van der Waals surface area contributed by atoms with Gasteiger partial charge in [0.15, 0.2) is 11.5 Å². The SMILES string of the molecule is COc1cccc2c1OCCCN(C(=O)NC[C@@H]1CN(C(C)=O)CCO1)C2. The fourth-order valence-corrected chi connectivity index (χ4v) is 3.34. The molecule has 1 atom stereocenters. The first-order valence-electron chi connectivity index (χ1n) is 9.27. The molecule has 3 amide bonds. The van der Waals surface area contributed by atoms with E-state index in [0.29, 0.717) is 57.4 Å². The van der Waals surface area contributed by atoms with Gasteiger partial charge in [0.05, 0.1) is 33.0 Å². The largest absolute Gasteiger partial charge is 0.493 e. The number of nitrogens with one attached hydrogen (secondary N) is 1. The normalized spacial score (nSPS) is 20.0. The number of fused-ring (bicyclic) bond motifs is 1. The molecule has 0 aliphatic carbocycles. The van der Waals surface area contributed by atoms with Gasteiger partial charge in [-0.15, -0.1) is 0 Å². The molecular formula is C19H27N3O5. The van der Waals surface area contributed by atoms with Gasteiger partial charge in [0.1, 0.15) is 0 Å². The van der Waals surface area contributed by atoms with Crippen LogP contribution in [0.5, 0.6) is 11.5 Å². The minimum Gasteiger partial charge on any atom is -0.493 e. The van der Waals surface area contributed by atoms with E-state index in [4.69, 9.17) is 14.2 Å². The molecule has 1 fully saturated rings. The zero-order valence-corrected chi connectivity index (χ0v) is 15.9. The van der Waals surface area contributed by atoms with E-state index in [-0.39, 0.29) is 18.0 Å². The molecule has 2 aliphatic heterocycles. The zero-order chi connectivity index (χ0) is 19.2. The number of morpholine rings is 1. The summed E-state index contributed by atoms with van der Waals surface area (Å²) in [5, 5.41) is 2.94. The Labute approximate surface area is 159 Å². The quantitative estimate of drug-likeness (QED) is 0.857. The van der Waals surface area contributed by atoms with Crippen molar-refractivity contribution in [3.05, 3.63) is 23.8 Å². The lowest BCUT2D eigenvalue weighted by Crippen LogP contribution is -2.51. The van der Waals surface area contributed by atoms with E-state index in [1.54, 1.807) is 23.8 Å². The van der Waals surface area contributed by atoms with E-state index >= 15 is 0 Å². The van der Waals surface area contributed by atoms with Crippen LogP contribution in [0, 0.1) is 0 Å². The Bertz CT molecular complexity index is 681. The van der Waals surface area contributed by atoms with Gasteiger partial charge in [-0.25, -0.2) is 4.79 Å². The molecular weight excluding hydrogens is 350 g/mol. The molecule has 2 aliphatic rings. The van der Waals surface area contributed by atoms with Gasteiger partial charge in [0.2, 0.25) is 5.91 Å². The number of hydrogen-bond acceptors (Lipinski definition) is 5. The van der Waals surface area contributed by atoms with Crippen molar-refractivity contribution >= 4 is 11.9 Å². The molecule has 0 bridgehead atoms. The summed E-state index contributed by atoms with van der Waals surface area (Å²) in [5.74, 6) is 1.41. The van der Waals surface area contributed by atoms with Gasteiger partial charge in [-0.05, 0) is 12.5 Å². The molecule has 0 aromatic heterocycles. The van der Waals surface area contributed by atoms with Crippen LogP contribution in [0.3, 0.4) is 0 Å². The number of benzene rings is 1. The summed E-state index contributed by atoms with van der Waals surface area (Å²) in [6.45, 7) is 5.10. The van der Waals surface area contributed by atoms with Crippen LogP contribution in [0.15, 0.2) is 18.2 Å². The molecule has 27 heavy (non-hydrogen) atoms. The summed E-state index contributed by atoms with van der Waals surface area (Å²) in [4.78, 5) is 27.7. The number of methoxy groups -OCH3 is 1. The number of carbonyl (C=O) groups excluding carboxylic acids is 2. The van der Waals surface area contributed by atoms with Crippen molar-refractivity contribution in [2.75, 3.05) is 46.5 Å². The zero-order valence-electron chi connectivity index (χ0n) is 15.9. The summed E-state index contributed by atoms with van der Waals surface area (Å²) < 4.78 is 16.9. The van der Waals surface area contributed by atoms with E-state index in [1.165, 1.54) is 0 Å². The molecule has 148 valence electrons. The van der Waals surface area contributed by atoms with E-state index in [9.17, 15) is 9.59 Å². The summed E-state index contributed by atoms with van der Waals surface area (Å²) in [7, 11) is 1.61. The second-order valence-corrected chi connectivity index (χ2v) is 6.72. The Kier molecular flexibility index (Phi) is 6.39. The van der Waals surface area contributed by atoms with Crippen LogP contribution in [0.2, 0.25) is 0 Å². The Balaban J connectivity index is 1.60. The van der Waals surface area contributed by atoms with Gasteiger partial charge in [0.25, 0.3) is 0 Å². The highest BCUT2D eigenvalue weighted by molar-refractivity contribution is 5.75. The minimum atomic E-state index is -0.183. The van der Waals surface area contributed by atoms with Gasteiger partial charge < -0.3 is 29.3 Å². The second-order valence-electron chi connectivity index (χ2n) is 6.72. The topological polar surface area (TPSA) is 80.3 Å². The van der Waals surface area contributed by atoms with E-state index < -0.39 is 0 Å². The van der Waals surface area contributed by atoms with E-state index in [2.05, 4.69) is 5.32 Å². The number of hydrogen-bond donors (Lipinski definition) is 1. The molecule has 8 heteroatoms. The third-order valence-electron chi connectivity index (χ3n) is 4.81. The van der Waals surface area contributed by atoms with Crippen molar-refractivity contribution in [1.82, 2.24) is 15.1 Å². The first-order valence-corrected chi connectivity index (χ1v) is 9.27. The molecule has 1 saturated heterocycles. The predicted octanol–water partition coefficient (Wildman–Crippen LogP) is 1.24. The Hall–Kier alpha value is -2.48.